The normalized spacial score (nSPS) is 25.0. The lowest BCUT2D eigenvalue weighted by molar-refractivity contribution is -0.0383. The molecule has 5 heterocycles. The summed E-state index contributed by atoms with van der Waals surface area (Å²) in [5.74, 6) is 0.921. The van der Waals surface area contributed by atoms with Crippen LogP contribution in [-0.4, -0.2) is 51.5 Å². The molecule has 8 nitrogen and oxygen atoms in total. The molecule has 3 aromatic rings. The molecule has 0 aromatic carbocycles. The summed E-state index contributed by atoms with van der Waals surface area (Å²) in [5, 5.41) is 15.1. The van der Waals surface area contributed by atoms with Gasteiger partial charge in [0, 0.05) is 19.3 Å². The molecule has 2 aliphatic heterocycles. The number of rotatable bonds is 4. The van der Waals surface area contributed by atoms with E-state index in [1.54, 1.807) is 0 Å². The smallest absolute Gasteiger partial charge is 0.150 e. The molecule has 1 saturated carbocycles. The largest absolute Gasteiger partial charge is 0.377 e. The maximum atomic E-state index is 10.5. The van der Waals surface area contributed by atoms with Gasteiger partial charge in [0.25, 0.3) is 0 Å². The number of nitriles is 1. The monoisotopic (exact) mass is 492 g/mol. The van der Waals surface area contributed by atoms with Crippen molar-refractivity contribution in [3.8, 4) is 17.5 Å². The molecule has 0 radical (unpaired) electrons. The minimum atomic E-state index is -0.486. The molecular formula is C26H32N6O2S. The van der Waals surface area contributed by atoms with Crippen molar-refractivity contribution in [1.82, 2.24) is 19.1 Å². The highest BCUT2D eigenvalue weighted by molar-refractivity contribution is 7.13. The zero-order chi connectivity index (χ0) is 23.8. The van der Waals surface area contributed by atoms with Gasteiger partial charge in [0.05, 0.1) is 41.1 Å². The Morgan fingerprint density at radius 2 is 2.06 bits per heavy atom. The van der Waals surface area contributed by atoms with E-state index >= 15 is 0 Å². The minimum Gasteiger partial charge on any atom is -0.377 e. The molecular weight excluding hydrogens is 460 g/mol. The zero-order valence-electron chi connectivity index (χ0n) is 20.3. The van der Waals surface area contributed by atoms with Crippen LogP contribution in [0.4, 0.5) is 5.82 Å². The molecule has 1 unspecified atom stereocenters. The van der Waals surface area contributed by atoms with Gasteiger partial charge in [-0.05, 0) is 68.3 Å². The molecule has 35 heavy (non-hydrogen) atoms. The Hall–Kier alpha value is -2.54. The van der Waals surface area contributed by atoms with E-state index in [0.29, 0.717) is 13.2 Å². The summed E-state index contributed by atoms with van der Waals surface area (Å²) in [5.41, 5.74) is 3.26. The Labute approximate surface area is 210 Å². The Kier molecular flexibility index (Phi) is 6.21. The Bertz CT molecular complexity index is 1230. The van der Waals surface area contributed by atoms with Crippen LogP contribution in [0.1, 0.15) is 70.1 Å². The maximum absolute atomic E-state index is 10.5. The number of aromatic nitrogens is 4. The third-order valence-corrected chi connectivity index (χ3v) is 8.72. The standard InChI is InChI=1S/C26H32N6O2S/c1-18-16-33-14-12-31(18)21-15-19(26(17-27)9-4-2-5-10-26)25-24(29-21)23(30-35-25)20-8-11-28-32(20)22-7-3-6-13-34-22/h8,11,15,18,22H,2-7,9-10,12-14,16H2,1H3/t18-,22?/m1/s1. The quantitative estimate of drug-likeness (QED) is 0.494. The molecule has 184 valence electrons. The topological polar surface area (TPSA) is 89.1 Å². The first-order chi connectivity index (χ1) is 17.2. The molecule has 6 rings (SSSR count). The molecule has 0 bridgehead atoms. The second-order valence-corrected chi connectivity index (χ2v) is 10.9. The number of anilines is 1. The lowest BCUT2D eigenvalue weighted by atomic mass is 9.70. The Balaban J connectivity index is 1.53. The van der Waals surface area contributed by atoms with Crippen molar-refractivity contribution in [3.05, 3.63) is 23.9 Å². The van der Waals surface area contributed by atoms with Crippen molar-refractivity contribution in [1.29, 1.82) is 5.26 Å². The van der Waals surface area contributed by atoms with Gasteiger partial charge in [-0.2, -0.15) is 14.7 Å². The van der Waals surface area contributed by atoms with Crippen LogP contribution in [0.15, 0.2) is 18.3 Å². The highest BCUT2D eigenvalue weighted by Gasteiger charge is 2.38. The highest BCUT2D eigenvalue weighted by Crippen LogP contribution is 2.46. The average molecular weight is 493 g/mol. The summed E-state index contributed by atoms with van der Waals surface area (Å²) in [4.78, 5) is 7.52. The van der Waals surface area contributed by atoms with E-state index in [2.05, 4.69) is 29.1 Å². The predicted octanol–water partition coefficient (Wildman–Crippen LogP) is 5.20. The molecule has 2 atom stereocenters. The van der Waals surface area contributed by atoms with Crippen molar-refractivity contribution in [3.63, 3.8) is 0 Å². The van der Waals surface area contributed by atoms with Gasteiger partial charge in [0.2, 0.25) is 0 Å². The molecule has 1 aliphatic carbocycles. The third-order valence-electron chi connectivity index (χ3n) is 7.85. The molecule has 3 aliphatic rings. The van der Waals surface area contributed by atoms with Gasteiger partial charge in [0.15, 0.2) is 6.23 Å². The predicted molar refractivity (Wildman–Crippen MR) is 135 cm³/mol. The second-order valence-electron chi connectivity index (χ2n) is 10.1. The third kappa shape index (κ3) is 4.02. The van der Waals surface area contributed by atoms with Gasteiger partial charge in [-0.1, -0.05) is 19.3 Å². The lowest BCUT2D eigenvalue weighted by Crippen LogP contribution is -2.44. The minimum absolute atomic E-state index is 0.0730. The van der Waals surface area contributed by atoms with E-state index < -0.39 is 5.41 Å². The fourth-order valence-electron chi connectivity index (χ4n) is 5.89. The fraction of sp³-hybridized carbons (Fsp3) is 0.615. The van der Waals surface area contributed by atoms with Crippen molar-refractivity contribution in [2.75, 3.05) is 31.3 Å². The summed E-state index contributed by atoms with van der Waals surface area (Å²) >= 11 is 1.47. The van der Waals surface area contributed by atoms with Crippen LogP contribution >= 0.6 is 11.5 Å². The van der Waals surface area contributed by atoms with E-state index in [0.717, 1.165) is 91.1 Å². The summed E-state index contributed by atoms with van der Waals surface area (Å²) in [6.07, 6.45) is 10.1. The van der Waals surface area contributed by atoms with Crippen LogP contribution in [0.2, 0.25) is 0 Å². The lowest BCUT2D eigenvalue weighted by Gasteiger charge is -2.36. The molecule has 3 aromatic heterocycles. The molecule has 0 amide bonds. The van der Waals surface area contributed by atoms with Crippen LogP contribution in [0.3, 0.4) is 0 Å². The van der Waals surface area contributed by atoms with Gasteiger partial charge in [-0.25, -0.2) is 9.67 Å². The van der Waals surface area contributed by atoms with Crippen molar-refractivity contribution < 1.29 is 9.47 Å². The van der Waals surface area contributed by atoms with Gasteiger partial charge < -0.3 is 14.4 Å². The van der Waals surface area contributed by atoms with E-state index in [1.807, 2.05) is 16.9 Å². The van der Waals surface area contributed by atoms with Gasteiger partial charge in [-0.3, -0.25) is 0 Å². The maximum Gasteiger partial charge on any atom is 0.150 e. The van der Waals surface area contributed by atoms with Gasteiger partial charge >= 0.3 is 0 Å². The van der Waals surface area contributed by atoms with Crippen molar-refractivity contribution in [2.24, 2.45) is 0 Å². The highest BCUT2D eigenvalue weighted by atomic mass is 32.1. The van der Waals surface area contributed by atoms with E-state index in [9.17, 15) is 5.26 Å². The SMILES string of the molecule is C[C@@H]1COCCN1c1cc(C2(C#N)CCCCC2)c2snc(-c3ccnn3C3CCCCO3)c2n1. The van der Waals surface area contributed by atoms with Crippen LogP contribution in [0.25, 0.3) is 21.6 Å². The summed E-state index contributed by atoms with van der Waals surface area (Å²) in [6.45, 7) is 5.09. The van der Waals surface area contributed by atoms with E-state index in [1.165, 1.54) is 18.0 Å². The van der Waals surface area contributed by atoms with Crippen LogP contribution in [0, 0.1) is 11.3 Å². The van der Waals surface area contributed by atoms with Crippen LogP contribution in [0.5, 0.6) is 0 Å². The van der Waals surface area contributed by atoms with E-state index in [-0.39, 0.29) is 12.3 Å². The molecule has 0 spiro atoms. The first kappa shape index (κ1) is 22.9. The van der Waals surface area contributed by atoms with E-state index in [4.69, 9.17) is 18.8 Å². The van der Waals surface area contributed by atoms with Gasteiger partial charge in [-0.15, -0.1) is 0 Å². The summed E-state index contributed by atoms with van der Waals surface area (Å²) < 4.78 is 19.7. The number of hydrogen-bond donors (Lipinski definition) is 0. The molecule has 3 fully saturated rings. The van der Waals surface area contributed by atoms with Crippen molar-refractivity contribution in [2.45, 2.75) is 76.0 Å². The average Bonchev–Trinajstić information content (AvgIpc) is 3.56. The molecule has 0 N–H and O–H groups in total. The number of fused-ring (bicyclic) bond motifs is 1. The van der Waals surface area contributed by atoms with Crippen LogP contribution < -0.4 is 4.90 Å². The van der Waals surface area contributed by atoms with Crippen LogP contribution in [-0.2, 0) is 14.9 Å². The first-order valence-electron chi connectivity index (χ1n) is 12.9. The number of hydrogen-bond acceptors (Lipinski definition) is 8. The Morgan fingerprint density at radius 1 is 1.17 bits per heavy atom. The van der Waals surface area contributed by atoms with Gasteiger partial charge in [0.1, 0.15) is 17.0 Å². The number of pyridine rings is 1. The molecule has 2 saturated heterocycles. The van der Waals surface area contributed by atoms with Crippen molar-refractivity contribution >= 4 is 27.6 Å². The second kappa shape index (κ2) is 9.49. The summed E-state index contributed by atoms with van der Waals surface area (Å²) in [6, 6.07) is 7.16. The molecule has 9 heteroatoms. The number of ether oxygens (including phenoxy) is 2. The zero-order valence-corrected chi connectivity index (χ0v) is 21.1. The summed E-state index contributed by atoms with van der Waals surface area (Å²) in [7, 11) is 0. The number of morpholine rings is 1. The number of nitrogens with zero attached hydrogens (tertiary/aromatic N) is 6. The fourth-order valence-corrected chi connectivity index (χ4v) is 6.83. The first-order valence-corrected chi connectivity index (χ1v) is 13.7. The Morgan fingerprint density at radius 3 is 2.83 bits per heavy atom.